The van der Waals surface area contributed by atoms with Gasteiger partial charge in [0.25, 0.3) is 0 Å². The van der Waals surface area contributed by atoms with Gasteiger partial charge in [0.05, 0.1) is 18.8 Å². The van der Waals surface area contributed by atoms with Crippen molar-refractivity contribution >= 4 is 22.2 Å². The van der Waals surface area contributed by atoms with Crippen LogP contribution in [-0.4, -0.2) is 50.3 Å². The van der Waals surface area contributed by atoms with E-state index in [-0.39, 0.29) is 12.3 Å². The topological polar surface area (TPSA) is 83.6 Å². The first-order chi connectivity index (χ1) is 6.95. The fraction of sp³-hybridized carbons (Fsp3) is 0.750. The van der Waals surface area contributed by atoms with Crippen molar-refractivity contribution in [3.8, 4) is 0 Å². The summed E-state index contributed by atoms with van der Waals surface area (Å²) in [6, 6.07) is -0.547. The predicted octanol–water partition coefficient (Wildman–Crippen LogP) is -1.27. The molecule has 1 heterocycles. The van der Waals surface area contributed by atoms with Crippen LogP contribution in [0.4, 0.5) is 0 Å². The molecule has 86 valence electrons. The molecule has 6 nitrogen and oxygen atoms in total. The molecule has 0 saturated carbocycles. The highest BCUT2D eigenvalue weighted by molar-refractivity contribution is 7.88. The van der Waals surface area contributed by atoms with Crippen LogP contribution in [-0.2, 0) is 19.6 Å². The predicted molar refractivity (Wildman–Crippen MR) is 53.6 cm³/mol. The normalized spacial score (nSPS) is 24.6. The molecule has 1 fully saturated rings. The second-order valence-corrected chi connectivity index (χ2v) is 5.52. The molecule has 1 aliphatic rings. The maximum atomic E-state index is 11.5. The number of hydrogen-bond donors (Lipinski definition) is 1. The van der Waals surface area contributed by atoms with E-state index in [4.69, 9.17) is 0 Å². The average Bonchev–Trinajstić information content (AvgIpc) is 2.29. The zero-order valence-corrected chi connectivity index (χ0v) is 9.29. The Hall–Kier alpha value is -0.950. The summed E-state index contributed by atoms with van der Waals surface area (Å²) in [5, 5.41) is 2.39. The van der Waals surface area contributed by atoms with Crippen molar-refractivity contribution < 1.29 is 18.0 Å². The third-order valence-electron chi connectivity index (χ3n) is 2.36. The minimum Gasteiger partial charge on any atom is -0.349 e. The molecule has 1 N–H and O–H groups in total. The van der Waals surface area contributed by atoms with Gasteiger partial charge in [0, 0.05) is 6.54 Å². The zero-order chi connectivity index (χ0) is 11.5. The molecule has 0 spiro atoms. The van der Waals surface area contributed by atoms with Crippen LogP contribution in [0.3, 0.4) is 0 Å². The molecule has 0 aromatic rings. The lowest BCUT2D eigenvalue weighted by atomic mass is 10.1. The molecule has 1 atom stereocenters. The molecule has 7 heteroatoms. The van der Waals surface area contributed by atoms with Crippen LogP contribution in [0.15, 0.2) is 0 Å². The van der Waals surface area contributed by atoms with Gasteiger partial charge < -0.3 is 5.32 Å². The lowest BCUT2D eigenvalue weighted by Gasteiger charge is -2.16. The zero-order valence-electron chi connectivity index (χ0n) is 8.47. The summed E-state index contributed by atoms with van der Waals surface area (Å²) in [7, 11) is -3.32. The van der Waals surface area contributed by atoms with Crippen molar-refractivity contribution in [3.05, 3.63) is 0 Å². The van der Waals surface area contributed by atoms with Crippen LogP contribution in [0.1, 0.15) is 12.8 Å². The van der Waals surface area contributed by atoms with Gasteiger partial charge in [-0.3, -0.25) is 9.59 Å². The van der Waals surface area contributed by atoms with Crippen molar-refractivity contribution in [1.82, 2.24) is 9.62 Å². The summed E-state index contributed by atoms with van der Waals surface area (Å²) in [5.41, 5.74) is 0. The summed E-state index contributed by atoms with van der Waals surface area (Å²) in [4.78, 5) is 21.7. The molecule has 1 saturated heterocycles. The Kier molecular flexibility index (Phi) is 3.81. The smallest absolute Gasteiger partial charge is 0.211 e. The fourth-order valence-corrected chi connectivity index (χ4v) is 2.36. The van der Waals surface area contributed by atoms with Crippen LogP contribution in [0.2, 0.25) is 0 Å². The second-order valence-electron chi connectivity index (χ2n) is 3.54. The summed E-state index contributed by atoms with van der Waals surface area (Å²) in [6.45, 7) is 0.186. The Balaban J connectivity index is 2.73. The number of sulfonamides is 1. The highest BCUT2D eigenvalue weighted by Crippen LogP contribution is 2.10. The second kappa shape index (κ2) is 4.71. The number of nitrogens with zero attached hydrogens (tertiary/aromatic N) is 1. The van der Waals surface area contributed by atoms with E-state index in [9.17, 15) is 18.0 Å². The Labute approximate surface area is 88.7 Å². The van der Waals surface area contributed by atoms with Gasteiger partial charge in [-0.15, -0.1) is 0 Å². The third-order valence-corrected chi connectivity index (χ3v) is 3.61. The number of carbonyl (C=O) groups is 2. The van der Waals surface area contributed by atoms with Gasteiger partial charge in [0.2, 0.25) is 16.4 Å². The molecule has 0 aromatic heterocycles. The number of rotatable bonds is 3. The monoisotopic (exact) mass is 234 g/mol. The minimum absolute atomic E-state index is 0.148. The van der Waals surface area contributed by atoms with Crippen LogP contribution in [0.25, 0.3) is 0 Å². The number of carbonyl (C=O) groups excluding carboxylic acids is 2. The summed E-state index contributed by atoms with van der Waals surface area (Å²) < 4.78 is 23.6. The Morgan fingerprint density at radius 1 is 1.53 bits per heavy atom. The van der Waals surface area contributed by atoms with Crippen molar-refractivity contribution in [1.29, 1.82) is 0 Å². The van der Waals surface area contributed by atoms with E-state index in [1.54, 1.807) is 0 Å². The van der Waals surface area contributed by atoms with Gasteiger partial charge in [-0.1, -0.05) is 0 Å². The Morgan fingerprint density at radius 2 is 2.20 bits per heavy atom. The summed E-state index contributed by atoms with van der Waals surface area (Å²) in [5.74, 6) is -0.259. The van der Waals surface area contributed by atoms with E-state index in [2.05, 4.69) is 5.32 Å². The quantitative estimate of drug-likeness (QED) is 0.617. The van der Waals surface area contributed by atoms with Crippen LogP contribution < -0.4 is 5.32 Å². The average molecular weight is 234 g/mol. The Morgan fingerprint density at radius 3 is 2.73 bits per heavy atom. The first kappa shape index (κ1) is 12.1. The first-order valence-corrected chi connectivity index (χ1v) is 6.47. The van der Waals surface area contributed by atoms with Gasteiger partial charge in [-0.2, -0.15) is 4.31 Å². The SMILES string of the molecule is CS(=O)(=O)N1CCCC(NC=O)C(=O)C1. The molecule has 0 radical (unpaired) electrons. The van der Waals surface area contributed by atoms with E-state index in [0.29, 0.717) is 25.8 Å². The maximum absolute atomic E-state index is 11.5. The lowest BCUT2D eigenvalue weighted by Crippen LogP contribution is -2.41. The van der Waals surface area contributed by atoms with Crippen molar-refractivity contribution in [3.63, 3.8) is 0 Å². The van der Waals surface area contributed by atoms with E-state index >= 15 is 0 Å². The van der Waals surface area contributed by atoms with Crippen LogP contribution in [0, 0.1) is 0 Å². The minimum atomic E-state index is -3.32. The van der Waals surface area contributed by atoms with E-state index in [1.807, 2.05) is 0 Å². The van der Waals surface area contributed by atoms with Crippen molar-refractivity contribution in [2.24, 2.45) is 0 Å². The molecule has 0 aromatic carbocycles. The molecular formula is C8H14N2O4S. The van der Waals surface area contributed by atoms with Gasteiger partial charge in [-0.25, -0.2) is 8.42 Å². The number of amides is 1. The fourth-order valence-electron chi connectivity index (χ4n) is 1.54. The highest BCUT2D eigenvalue weighted by Gasteiger charge is 2.28. The highest BCUT2D eigenvalue weighted by atomic mass is 32.2. The van der Waals surface area contributed by atoms with Crippen LogP contribution in [0.5, 0.6) is 0 Å². The summed E-state index contributed by atoms with van der Waals surface area (Å²) in [6.07, 6.45) is 2.61. The number of nitrogens with one attached hydrogen (secondary N) is 1. The van der Waals surface area contributed by atoms with Gasteiger partial charge in [0.15, 0.2) is 5.78 Å². The number of Topliss-reactive ketones (excluding diaryl/α,β-unsaturated/α-hetero) is 1. The molecule has 1 aliphatic heterocycles. The molecular weight excluding hydrogens is 220 g/mol. The summed E-state index contributed by atoms with van der Waals surface area (Å²) >= 11 is 0. The van der Waals surface area contributed by atoms with Crippen molar-refractivity contribution in [2.45, 2.75) is 18.9 Å². The van der Waals surface area contributed by atoms with E-state index in [1.165, 1.54) is 0 Å². The molecule has 1 unspecified atom stereocenters. The standard InChI is InChI=1S/C8H14N2O4S/c1-15(13,14)10-4-2-3-7(9-6-11)8(12)5-10/h6-7H,2-5H2,1H3,(H,9,11). The maximum Gasteiger partial charge on any atom is 0.211 e. The molecule has 0 bridgehead atoms. The third kappa shape index (κ3) is 3.28. The number of ketones is 1. The molecule has 0 aliphatic carbocycles. The molecule has 1 amide bonds. The van der Waals surface area contributed by atoms with Gasteiger partial charge in [-0.05, 0) is 12.8 Å². The molecule has 1 rings (SSSR count). The van der Waals surface area contributed by atoms with Gasteiger partial charge >= 0.3 is 0 Å². The number of hydrogen-bond acceptors (Lipinski definition) is 4. The van der Waals surface area contributed by atoms with E-state index in [0.717, 1.165) is 10.6 Å². The van der Waals surface area contributed by atoms with E-state index < -0.39 is 16.1 Å². The van der Waals surface area contributed by atoms with Crippen molar-refractivity contribution in [2.75, 3.05) is 19.3 Å². The molecule has 15 heavy (non-hydrogen) atoms. The van der Waals surface area contributed by atoms with Crippen LogP contribution >= 0.6 is 0 Å². The lowest BCUT2D eigenvalue weighted by molar-refractivity contribution is -0.123. The largest absolute Gasteiger partial charge is 0.349 e. The Bertz CT molecular complexity index is 352. The first-order valence-electron chi connectivity index (χ1n) is 4.62. The van der Waals surface area contributed by atoms with Gasteiger partial charge in [0.1, 0.15) is 0 Å².